The zero-order valence-electron chi connectivity index (χ0n) is 15.7. The van der Waals surface area contributed by atoms with Crippen molar-refractivity contribution in [1.82, 2.24) is 25.6 Å². The zero-order chi connectivity index (χ0) is 18.7. The molecule has 1 atom stereocenters. The van der Waals surface area contributed by atoms with E-state index in [-0.39, 0.29) is 6.04 Å². The topological polar surface area (TPSA) is 85.0 Å². The number of hydrogen-bond acceptors (Lipinski definition) is 6. The molecule has 2 saturated heterocycles. The number of imide groups is 2. The van der Waals surface area contributed by atoms with Crippen molar-refractivity contribution in [3.8, 4) is 0 Å². The third-order valence-electron chi connectivity index (χ3n) is 5.55. The van der Waals surface area contributed by atoms with Gasteiger partial charge < -0.3 is 10.3 Å². The van der Waals surface area contributed by atoms with Crippen LogP contribution in [0, 0.1) is 5.92 Å². The largest absolute Gasteiger partial charge is 0.331 e. The van der Waals surface area contributed by atoms with Gasteiger partial charge in [-0.25, -0.2) is 9.80 Å². The average Bonchev–Trinajstić information content (AvgIpc) is 2.63. The summed E-state index contributed by atoms with van der Waals surface area (Å²) in [7, 11) is 2.07. The van der Waals surface area contributed by atoms with Crippen molar-refractivity contribution < 1.29 is 14.4 Å². The third-order valence-corrected chi connectivity index (χ3v) is 5.55. The maximum absolute atomic E-state index is 13.1. The molecule has 0 aromatic rings. The van der Waals surface area contributed by atoms with E-state index in [1.54, 1.807) is 13.0 Å². The molecule has 1 saturated carbocycles. The van der Waals surface area contributed by atoms with Crippen LogP contribution >= 0.6 is 0 Å². The highest BCUT2D eigenvalue weighted by Crippen LogP contribution is 2.27. The minimum absolute atomic E-state index is 0.103. The van der Waals surface area contributed by atoms with Crippen molar-refractivity contribution in [2.75, 3.05) is 33.2 Å². The van der Waals surface area contributed by atoms with Gasteiger partial charge in [-0.2, -0.15) is 0 Å². The highest BCUT2D eigenvalue weighted by Gasteiger charge is 2.45. The Morgan fingerprint density at radius 3 is 2.35 bits per heavy atom. The van der Waals surface area contributed by atoms with Crippen LogP contribution in [0.15, 0.2) is 11.8 Å². The Bertz CT molecular complexity index is 592. The van der Waals surface area contributed by atoms with E-state index < -0.39 is 23.8 Å². The molecule has 8 nitrogen and oxygen atoms in total. The molecule has 3 aliphatic rings. The average molecular weight is 363 g/mol. The second kappa shape index (κ2) is 8.18. The summed E-state index contributed by atoms with van der Waals surface area (Å²) >= 11 is 0. The van der Waals surface area contributed by atoms with Gasteiger partial charge in [-0.05, 0) is 26.8 Å². The number of nitrogens with one attached hydrogen (secondary N) is 2. The molecule has 0 aromatic heterocycles. The number of hydrogen-bond donors (Lipinski definition) is 2. The predicted molar refractivity (Wildman–Crippen MR) is 96.7 cm³/mol. The predicted octanol–water partition coefficient (Wildman–Crippen LogP) is 0.670. The first-order chi connectivity index (χ1) is 12.5. The van der Waals surface area contributed by atoms with Crippen LogP contribution in [0.5, 0.6) is 0 Å². The molecule has 144 valence electrons. The van der Waals surface area contributed by atoms with E-state index in [0.29, 0.717) is 5.70 Å². The van der Waals surface area contributed by atoms with Crippen LogP contribution in [-0.2, 0) is 9.59 Å². The molecule has 2 aliphatic heterocycles. The summed E-state index contributed by atoms with van der Waals surface area (Å²) in [5.74, 6) is -1.93. The molecule has 0 spiro atoms. The molecule has 8 heteroatoms. The van der Waals surface area contributed by atoms with Gasteiger partial charge in [0.15, 0.2) is 5.92 Å². The number of barbiturate groups is 1. The van der Waals surface area contributed by atoms with Crippen LogP contribution in [-0.4, -0.2) is 71.9 Å². The lowest BCUT2D eigenvalue weighted by Gasteiger charge is -2.39. The Labute approximate surface area is 154 Å². The van der Waals surface area contributed by atoms with Crippen LogP contribution in [0.3, 0.4) is 0 Å². The second-order valence-corrected chi connectivity index (χ2v) is 7.37. The van der Waals surface area contributed by atoms with Gasteiger partial charge in [0.25, 0.3) is 0 Å². The van der Waals surface area contributed by atoms with Gasteiger partial charge in [0, 0.05) is 37.9 Å². The van der Waals surface area contributed by atoms with E-state index in [4.69, 9.17) is 0 Å². The highest BCUT2D eigenvalue weighted by atomic mass is 16.2. The SMILES string of the molecule is C/C=C(/NN1CCN(C)CC1)[C@H]1C(=O)NC(=O)N(C2CCCCC2)C1=O. The number of rotatable bonds is 4. The van der Waals surface area contributed by atoms with Crippen molar-refractivity contribution in [2.24, 2.45) is 5.92 Å². The lowest BCUT2D eigenvalue weighted by atomic mass is 9.91. The third kappa shape index (κ3) is 3.91. The Morgan fingerprint density at radius 2 is 1.73 bits per heavy atom. The Morgan fingerprint density at radius 1 is 1.08 bits per heavy atom. The summed E-state index contributed by atoms with van der Waals surface area (Å²) in [6.07, 6.45) is 6.55. The van der Waals surface area contributed by atoms with Gasteiger partial charge in [0.1, 0.15) is 0 Å². The van der Waals surface area contributed by atoms with Crippen molar-refractivity contribution in [2.45, 2.75) is 45.1 Å². The fourth-order valence-electron chi connectivity index (χ4n) is 3.94. The summed E-state index contributed by atoms with van der Waals surface area (Å²) in [4.78, 5) is 41.4. The number of likely N-dealkylation sites (N-methyl/N-ethyl adjacent to an activating group) is 1. The number of allylic oxidation sites excluding steroid dienone is 1. The number of amides is 4. The summed E-state index contributed by atoms with van der Waals surface area (Å²) < 4.78 is 0. The van der Waals surface area contributed by atoms with E-state index in [1.807, 2.05) is 5.01 Å². The standard InChI is InChI=1S/C18H29N5O3/c1-3-14(20-22-11-9-21(2)10-12-22)15-16(24)19-18(26)23(17(15)25)13-7-5-4-6-8-13/h3,13,15,20H,4-12H2,1-2H3,(H,19,24,26)/b14-3+/t15-/m0/s1. The summed E-state index contributed by atoms with van der Waals surface area (Å²) in [5, 5.41) is 4.41. The monoisotopic (exact) mass is 363 g/mol. The van der Waals surface area contributed by atoms with E-state index in [9.17, 15) is 14.4 Å². The molecule has 26 heavy (non-hydrogen) atoms. The molecule has 0 bridgehead atoms. The lowest BCUT2D eigenvalue weighted by molar-refractivity contribution is -0.143. The maximum atomic E-state index is 13.1. The van der Waals surface area contributed by atoms with Gasteiger partial charge in [-0.3, -0.25) is 19.8 Å². The highest BCUT2D eigenvalue weighted by molar-refractivity contribution is 6.17. The van der Waals surface area contributed by atoms with E-state index in [2.05, 4.69) is 22.7 Å². The molecule has 3 fully saturated rings. The van der Waals surface area contributed by atoms with E-state index >= 15 is 0 Å². The number of hydrazine groups is 1. The first kappa shape index (κ1) is 18.8. The molecule has 4 amide bonds. The van der Waals surface area contributed by atoms with Crippen LogP contribution in [0.4, 0.5) is 4.79 Å². The maximum Gasteiger partial charge on any atom is 0.331 e. The minimum Gasteiger partial charge on any atom is -0.322 e. The molecule has 0 aromatic carbocycles. The van der Waals surface area contributed by atoms with Crippen LogP contribution in [0.2, 0.25) is 0 Å². The summed E-state index contributed by atoms with van der Waals surface area (Å²) in [5.41, 5.74) is 3.79. The van der Waals surface area contributed by atoms with Crippen molar-refractivity contribution in [3.05, 3.63) is 11.8 Å². The first-order valence-electron chi connectivity index (χ1n) is 9.55. The van der Waals surface area contributed by atoms with Gasteiger partial charge in [0.2, 0.25) is 11.8 Å². The van der Waals surface area contributed by atoms with Crippen LogP contribution in [0.25, 0.3) is 0 Å². The molecule has 1 aliphatic carbocycles. The van der Waals surface area contributed by atoms with Crippen molar-refractivity contribution in [3.63, 3.8) is 0 Å². The fraction of sp³-hybridized carbons (Fsp3) is 0.722. The van der Waals surface area contributed by atoms with Gasteiger partial charge in [-0.1, -0.05) is 25.3 Å². The lowest BCUT2D eigenvalue weighted by Crippen LogP contribution is -2.63. The van der Waals surface area contributed by atoms with Crippen LogP contribution in [0.1, 0.15) is 39.0 Å². The Balaban J connectivity index is 1.74. The summed E-state index contributed by atoms with van der Waals surface area (Å²) in [6, 6.07) is -0.674. The van der Waals surface area contributed by atoms with Gasteiger partial charge >= 0.3 is 6.03 Å². The second-order valence-electron chi connectivity index (χ2n) is 7.37. The molecular formula is C18H29N5O3. The quantitative estimate of drug-likeness (QED) is 0.714. The van der Waals surface area contributed by atoms with E-state index in [1.165, 1.54) is 4.90 Å². The Kier molecular flexibility index (Phi) is 5.93. The van der Waals surface area contributed by atoms with Gasteiger partial charge in [0.05, 0.1) is 0 Å². The molecule has 2 heterocycles. The number of nitrogens with zero attached hydrogens (tertiary/aromatic N) is 3. The van der Waals surface area contributed by atoms with Crippen LogP contribution < -0.4 is 10.7 Å². The van der Waals surface area contributed by atoms with E-state index in [0.717, 1.165) is 58.3 Å². The van der Waals surface area contributed by atoms with Gasteiger partial charge in [-0.15, -0.1) is 0 Å². The fourth-order valence-corrected chi connectivity index (χ4v) is 3.94. The van der Waals surface area contributed by atoms with Crippen molar-refractivity contribution >= 4 is 17.8 Å². The number of piperazine rings is 1. The number of urea groups is 1. The molecule has 3 rings (SSSR count). The Hall–Kier alpha value is -1.93. The smallest absolute Gasteiger partial charge is 0.322 e. The molecular weight excluding hydrogens is 334 g/mol. The first-order valence-corrected chi connectivity index (χ1v) is 9.55. The minimum atomic E-state index is -0.987. The normalized spacial score (nSPS) is 27.6. The summed E-state index contributed by atoms with van der Waals surface area (Å²) in [6.45, 7) is 5.26. The van der Waals surface area contributed by atoms with Crippen molar-refractivity contribution in [1.29, 1.82) is 0 Å². The molecule has 2 N–H and O–H groups in total. The zero-order valence-corrected chi connectivity index (χ0v) is 15.7. The molecule has 0 radical (unpaired) electrons. The number of carbonyl (C=O) groups is 3. The molecule has 0 unspecified atom stereocenters. The number of carbonyl (C=O) groups excluding carboxylic acids is 3.